The molecule has 4 nitrogen and oxygen atoms in total. The molecule has 3 N–H and O–H groups in total. The highest BCUT2D eigenvalue weighted by Crippen LogP contribution is 2.13. The maximum absolute atomic E-state index is 10.7. The van der Waals surface area contributed by atoms with Gasteiger partial charge in [0.25, 0.3) is 10.1 Å². The molecule has 0 fully saturated rings. The molecule has 0 heterocycles. The van der Waals surface area contributed by atoms with Gasteiger partial charge in [0.2, 0.25) is 0 Å². The molecule has 0 spiro atoms. The lowest BCUT2D eigenvalue weighted by molar-refractivity contribution is 0.482. The molecule has 0 aliphatic heterocycles. The number of nitrogens with two attached hydrogens (primary N) is 1. The molecule has 6 heteroatoms. The first-order valence-corrected chi connectivity index (χ1v) is 4.75. The summed E-state index contributed by atoms with van der Waals surface area (Å²) in [6, 6.07) is 6.07. The Morgan fingerprint density at radius 3 is 2.23 bits per heavy atom. The highest BCUT2D eigenvalue weighted by molar-refractivity contribution is 7.85. The van der Waals surface area contributed by atoms with Gasteiger partial charge in [-0.05, 0) is 11.6 Å². The van der Waals surface area contributed by atoms with Crippen LogP contribution in [0.1, 0.15) is 5.56 Å². The Balaban J connectivity index is 0.00000144. The first-order valence-electron chi connectivity index (χ1n) is 3.31. The van der Waals surface area contributed by atoms with Crippen molar-refractivity contribution in [3.8, 4) is 0 Å². The Morgan fingerprint density at radius 1 is 1.31 bits per heavy atom. The molecule has 0 saturated heterocycles. The molecular weight excluding hydrogens is 197 g/mol. The van der Waals surface area contributed by atoms with Crippen LogP contribution >= 0.6 is 0 Å². The van der Waals surface area contributed by atoms with Crippen LogP contribution in [-0.4, -0.2) is 13.0 Å². The molecule has 0 atom stereocenters. The minimum atomic E-state index is -4.13. The minimum Gasteiger partial charge on any atom is -0.326 e. The number of hydrogen-bond donors (Lipinski definition) is 2. The summed E-state index contributed by atoms with van der Waals surface area (Å²) >= 11 is 0. The lowest BCUT2D eigenvalue weighted by Crippen LogP contribution is -2.06. The number of benzene rings is 1. The van der Waals surface area contributed by atoms with Crippen LogP contribution in [0.25, 0.3) is 0 Å². The Morgan fingerprint density at radius 2 is 1.85 bits per heavy atom. The van der Waals surface area contributed by atoms with Gasteiger partial charge in [-0.3, -0.25) is 9.26 Å². The molecule has 0 aromatic heterocycles. The molecular formula is C7H10FNO3S. The van der Waals surface area contributed by atoms with Crippen LogP contribution in [0, 0.1) is 0 Å². The molecule has 0 unspecified atom stereocenters. The highest BCUT2D eigenvalue weighted by Gasteiger charge is 2.12. The summed E-state index contributed by atoms with van der Waals surface area (Å²) < 4.78 is 30.1. The summed E-state index contributed by atoms with van der Waals surface area (Å²) in [5.74, 6) is 0. The van der Waals surface area contributed by atoms with Crippen molar-refractivity contribution >= 4 is 10.1 Å². The second kappa shape index (κ2) is 4.31. The van der Waals surface area contributed by atoms with E-state index in [0.717, 1.165) is 0 Å². The van der Waals surface area contributed by atoms with E-state index in [4.69, 9.17) is 10.3 Å². The maximum Gasteiger partial charge on any atom is 0.294 e. The molecule has 0 saturated carbocycles. The van der Waals surface area contributed by atoms with Crippen molar-refractivity contribution < 1.29 is 17.7 Å². The summed E-state index contributed by atoms with van der Waals surface area (Å²) in [7, 11) is -4.13. The van der Waals surface area contributed by atoms with Gasteiger partial charge < -0.3 is 5.73 Å². The first kappa shape index (κ1) is 12.0. The second-order valence-corrected chi connectivity index (χ2v) is 3.68. The quantitative estimate of drug-likeness (QED) is 0.694. The number of hydrogen-bond acceptors (Lipinski definition) is 3. The van der Waals surface area contributed by atoms with E-state index in [2.05, 4.69) is 0 Å². The second-order valence-electron chi connectivity index (χ2n) is 2.29. The predicted molar refractivity (Wildman–Crippen MR) is 46.7 cm³/mol. The number of halogens is 1. The fourth-order valence-corrected chi connectivity index (χ4v) is 1.66. The smallest absolute Gasteiger partial charge is 0.294 e. The van der Waals surface area contributed by atoms with E-state index in [-0.39, 0.29) is 16.1 Å². The lowest BCUT2D eigenvalue weighted by Gasteiger charge is -2.02. The van der Waals surface area contributed by atoms with E-state index in [9.17, 15) is 8.42 Å². The molecule has 0 amide bonds. The molecule has 1 aromatic carbocycles. The zero-order chi connectivity index (χ0) is 9.19. The fourth-order valence-electron chi connectivity index (χ4n) is 0.924. The van der Waals surface area contributed by atoms with Crippen LogP contribution in [0.3, 0.4) is 0 Å². The van der Waals surface area contributed by atoms with Crippen molar-refractivity contribution in [1.82, 2.24) is 0 Å². The van der Waals surface area contributed by atoms with Gasteiger partial charge in [0.05, 0.1) is 4.90 Å². The van der Waals surface area contributed by atoms with Gasteiger partial charge >= 0.3 is 0 Å². The molecule has 1 aromatic rings. The SMILES string of the molecule is F.NCc1ccccc1S(=O)(=O)O. The Kier molecular flexibility index (Phi) is 3.99. The fraction of sp³-hybridized carbons (Fsp3) is 0.143. The van der Waals surface area contributed by atoms with Gasteiger partial charge in [0, 0.05) is 6.54 Å². The van der Waals surface area contributed by atoms with Crippen molar-refractivity contribution in [1.29, 1.82) is 0 Å². The van der Waals surface area contributed by atoms with Crippen LogP contribution in [0.15, 0.2) is 29.2 Å². The van der Waals surface area contributed by atoms with E-state index in [1.165, 1.54) is 12.1 Å². The van der Waals surface area contributed by atoms with Crippen molar-refractivity contribution in [2.75, 3.05) is 0 Å². The third-order valence-corrected chi connectivity index (χ3v) is 2.42. The van der Waals surface area contributed by atoms with Crippen molar-refractivity contribution in [3.05, 3.63) is 29.8 Å². The van der Waals surface area contributed by atoms with Crippen molar-refractivity contribution in [3.63, 3.8) is 0 Å². The van der Waals surface area contributed by atoms with E-state index in [1.807, 2.05) is 0 Å². The molecule has 0 aliphatic carbocycles. The standard InChI is InChI=1S/C7H9NO3S.FH/c8-5-6-3-1-2-4-7(6)12(9,10)11;/h1-4H,5,8H2,(H,9,10,11);1H. The number of rotatable bonds is 2. The van der Waals surface area contributed by atoms with Gasteiger partial charge in [-0.2, -0.15) is 8.42 Å². The summed E-state index contributed by atoms with van der Waals surface area (Å²) in [5.41, 5.74) is 5.69. The van der Waals surface area contributed by atoms with Crippen molar-refractivity contribution in [2.45, 2.75) is 11.4 Å². The topological polar surface area (TPSA) is 80.4 Å². The van der Waals surface area contributed by atoms with E-state index in [1.54, 1.807) is 12.1 Å². The molecule has 13 heavy (non-hydrogen) atoms. The van der Waals surface area contributed by atoms with Crippen LogP contribution < -0.4 is 5.73 Å². The van der Waals surface area contributed by atoms with E-state index in [0.29, 0.717) is 5.56 Å². The average Bonchev–Trinajstić information content (AvgIpc) is 2.03. The first-order chi connectivity index (χ1) is 5.55. The minimum absolute atomic E-state index is 0. The highest BCUT2D eigenvalue weighted by atomic mass is 32.2. The van der Waals surface area contributed by atoms with Gasteiger partial charge in [0.1, 0.15) is 0 Å². The Bertz CT molecular complexity index is 377. The molecule has 0 aliphatic rings. The van der Waals surface area contributed by atoms with Gasteiger partial charge in [-0.1, -0.05) is 18.2 Å². The van der Waals surface area contributed by atoms with Crippen LogP contribution in [-0.2, 0) is 16.7 Å². The zero-order valence-corrected chi connectivity index (χ0v) is 7.49. The van der Waals surface area contributed by atoms with Crippen LogP contribution in [0.2, 0.25) is 0 Å². The van der Waals surface area contributed by atoms with Crippen molar-refractivity contribution in [2.24, 2.45) is 5.73 Å². The van der Waals surface area contributed by atoms with Gasteiger partial charge in [-0.15, -0.1) is 0 Å². The maximum atomic E-state index is 10.7. The Labute approximate surface area is 75.5 Å². The van der Waals surface area contributed by atoms with Gasteiger partial charge in [-0.25, -0.2) is 0 Å². The van der Waals surface area contributed by atoms with Gasteiger partial charge in [0.15, 0.2) is 0 Å². The average molecular weight is 207 g/mol. The third-order valence-electron chi connectivity index (χ3n) is 1.47. The Hall–Kier alpha value is -0.980. The summed E-state index contributed by atoms with van der Waals surface area (Å²) in [6.45, 7) is 0.0932. The normalized spacial score (nSPS) is 10.6. The molecule has 0 radical (unpaired) electrons. The third kappa shape index (κ3) is 2.76. The molecule has 74 valence electrons. The summed E-state index contributed by atoms with van der Waals surface area (Å²) in [5, 5.41) is 0. The molecule has 0 bridgehead atoms. The van der Waals surface area contributed by atoms with E-state index >= 15 is 0 Å². The van der Waals surface area contributed by atoms with Crippen LogP contribution in [0.5, 0.6) is 0 Å². The zero-order valence-electron chi connectivity index (χ0n) is 6.67. The lowest BCUT2D eigenvalue weighted by atomic mass is 10.2. The monoisotopic (exact) mass is 207 g/mol. The summed E-state index contributed by atoms with van der Waals surface area (Å²) in [4.78, 5) is -0.118. The molecule has 1 rings (SSSR count). The van der Waals surface area contributed by atoms with Crippen LogP contribution in [0.4, 0.5) is 4.70 Å². The predicted octanol–water partition coefficient (Wildman–Crippen LogP) is 0.544. The van der Waals surface area contributed by atoms with E-state index < -0.39 is 10.1 Å². The summed E-state index contributed by atoms with van der Waals surface area (Å²) in [6.07, 6.45) is 0. The largest absolute Gasteiger partial charge is 0.326 e.